The maximum absolute atomic E-state index is 5.52. The van der Waals surface area contributed by atoms with Crippen molar-refractivity contribution in [2.45, 2.75) is 0 Å². The van der Waals surface area contributed by atoms with E-state index >= 15 is 0 Å². The molecule has 4 N–H and O–H groups in total. The summed E-state index contributed by atoms with van der Waals surface area (Å²) in [5.41, 5.74) is 12.1. The number of nitrogens with two attached hydrogens (primary N) is 2. The molecule has 0 fully saturated rings. The van der Waals surface area contributed by atoms with Crippen LogP contribution in [0.2, 0.25) is 0 Å². The minimum atomic E-state index is 0.403. The van der Waals surface area contributed by atoms with Crippen LogP contribution in [0.15, 0.2) is 23.3 Å². The van der Waals surface area contributed by atoms with Gasteiger partial charge in [-0.1, -0.05) is 6.58 Å². The summed E-state index contributed by atoms with van der Waals surface area (Å²) in [6.07, 6.45) is 1.61. The van der Waals surface area contributed by atoms with Gasteiger partial charge in [0.25, 0.3) is 0 Å². The fourth-order valence-corrected chi connectivity index (χ4v) is 1.04. The van der Waals surface area contributed by atoms with Gasteiger partial charge in [-0.2, -0.15) is 0 Å². The summed E-state index contributed by atoms with van der Waals surface area (Å²) in [7, 11) is 0. The molecule has 0 saturated heterocycles. The highest BCUT2D eigenvalue weighted by Crippen LogP contribution is 2.18. The van der Waals surface area contributed by atoms with Crippen LogP contribution in [0, 0.1) is 0 Å². The van der Waals surface area contributed by atoms with Gasteiger partial charge in [-0.15, -0.1) is 0 Å². The first-order valence-corrected chi connectivity index (χ1v) is 3.76. The molecular formula is C7H8BrN3. The van der Waals surface area contributed by atoms with E-state index in [2.05, 4.69) is 27.5 Å². The third-order valence-corrected chi connectivity index (χ3v) is 1.66. The second kappa shape index (κ2) is 2.92. The van der Waals surface area contributed by atoms with E-state index in [1.165, 1.54) is 0 Å². The third kappa shape index (κ3) is 1.71. The van der Waals surface area contributed by atoms with E-state index in [4.69, 9.17) is 11.5 Å². The van der Waals surface area contributed by atoms with Crippen LogP contribution in [0.4, 0.5) is 5.82 Å². The normalized spacial score (nSPS) is 9.55. The lowest BCUT2D eigenvalue weighted by Gasteiger charge is -2.02. The van der Waals surface area contributed by atoms with E-state index in [9.17, 15) is 0 Å². The van der Waals surface area contributed by atoms with E-state index in [1.54, 1.807) is 12.3 Å². The van der Waals surface area contributed by atoms with Crippen LogP contribution in [-0.4, -0.2) is 4.98 Å². The van der Waals surface area contributed by atoms with Crippen LogP contribution >= 0.6 is 15.9 Å². The van der Waals surface area contributed by atoms with Gasteiger partial charge in [-0.25, -0.2) is 4.98 Å². The zero-order chi connectivity index (χ0) is 8.43. The molecule has 58 valence electrons. The molecule has 0 spiro atoms. The molecule has 0 radical (unpaired) electrons. The Morgan fingerprint density at radius 3 is 2.73 bits per heavy atom. The number of halogens is 1. The zero-order valence-electron chi connectivity index (χ0n) is 5.84. The summed E-state index contributed by atoms with van der Waals surface area (Å²) in [6.45, 7) is 3.56. The number of aromatic nitrogens is 1. The van der Waals surface area contributed by atoms with E-state index < -0.39 is 0 Å². The molecule has 0 bridgehead atoms. The Labute approximate surface area is 73.2 Å². The van der Waals surface area contributed by atoms with Crippen molar-refractivity contribution in [1.82, 2.24) is 4.98 Å². The average molecular weight is 214 g/mol. The van der Waals surface area contributed by atoms with Gasteiger partial charge in [0.05, 0.1) is 0 Å². The first-order valence-electron chi connectivity index (χ1n) is 2.97. The van der Waals surface area contributed by atoms with Gasteiger partial charge in [-0.05, 0) is 22.0 Å². The van der Waals surface area contributed by atoms with Crippen molar-refractivity contribution < 1.29 is 0 Å². The summed E-state index contributed by atoms with van der Waals surface area (Å²) >= 11 is 3.25. The molecule has 0 saturated carbocycles. The van der Waals surface area contributed by atoms with E-state index in [0.717, 1.165) is 4.47 Å². The summed E-state index contributed by atoms with van der Waals surface area (Å²) in [4.78, 5) is 3.89. The fourth-order valence-electron chi connectivity index (χ4n) is 0.707. The molecule has 0 amide bonds. The molecule has 0 unspecified atom stereocenters. The van der Waals surface area contributed by atoms with E-state index in [1.807, 2.05) is 0 Å². The number of hydrogen-bond donors (Lipinski definition) is 2. The first-order chi connectivity index (χ1) is 5.11. The van der Waals surface area contributed by atoms with Gasteiger partial charge >= 0.3 is 0 Å². The highest BCUT2D eigenvalue weighted by Gasteiger charge is 2.01. The molecule has 11 heavy (non-hydrogen) atoms. The fraction of sp³-hybridized carbons (Fsp3) is 0. The average Bonchev–Trinajstić information content (AvgIpc) is 1.94. The molecule has 3 nitrogen and oxygen atoms in total. The van der Waals surface area contributed by atoms with Crippen molar-refractivity contribution in [3.8, 4) is 0 Å². The Morgan fingerprint density at radius 2 is 2.27 bits per heavy atom. The maximum atomic E-state index is 5.52. The van der Waals surface area contributed by atoms with Crippen LogP contribution in [-0.2, 0) is 0 Å². The first kappa shape index (κ1) is 8.07. The maximum Gasteiger partial charge on any atom is 0.132 e. The molecule has 4 heteroatoms. The largest absolute Gasteiger partial charge is 0.399 e. The van der Waals surface area contributed by atoms with Crippen molar-refractivity contribution in [2.75, 3.05) is 5.73 Å². The number of pyridine rings is 1. The van der Waals surface area contributed by atoms with Gasteiger partial charge in [0.15, 0.2) is 0 Å². The standard InChI is InChI=1S/C7H8BrN3/c1-4(9)6-2-5(8)3-11-7(6)10/h2-3H,1,9H2,(H2,10,11). The summed E-state index contributed by atoms with van der Waals surface area (Å²) < 4.78 is 0.841. The van der Waals surface area contributed by atoms with Crippen LogP contribution < -0.4 is 11.5 Å². The van der Waals surface area contributed by atoms with Crippen molar-refractivity contribution in [3.05, 3.63) is 28.9 Å². The monoisotopic (exact) mass is 213 g/mol. The minimum absolute atomic E-state index is 0.403. The van der Waals surface area contributed by atoms with Crippen molar-refractivity contribution in [2.24, 2.45) is 5.73 Å². The molecule has 0 aromatic carbocycles. The number of rotatable bonds is 1. The lowest BCUT2D eigenvalue weighted by Crippen LogP contribution is -2.01. The Bertz CT molecular complexity index is 296. The SMILES string of the molecule is C=C(N)c1cc(Br)cnc1N. The van der Waals surface area contributed by atoms with Gasteiger partial charge < -0.3 is 11.5 Å². The van der Waals surface area contributed by atoms with Gasteiger partial charge in [0.2, 0.25) is 0 Å². The van der Waals surface area contributed by atoms with Crippen LogP contribution in [0.5, 0.6) is 0 Å². The van der Waals surface area contributed by atoms with Gasteiger partial charge in [0.1, 0.15) is 5.82 Å². The molecule has 0 aliphatic carbocycles. The number of nitrogens with zero attached hydrogens (tertiary/aromatic N) is 1. The number of nitrogen functional groups attached to an aromatic ring is 1. The molecular weight excluding hydrogens is 206 g/mol. The smallest absolute Gasteiger partial charge is 0.132 e. The second-order valence-electron chi connectivity index (χ2n) is 2.11. The second-order valence-corrected chi connectivity index (χ2v) is 3.03. The van der Waals surface area contributed by atoms with Crippen molar-refractivity contribution in [1.29, 1.82) is 0 Å². The van der Waals surface area contributed by atoms with Crippen molar-refractivity contribution in [3.63, 3.8) is 0 Å². The van der Waals surface area contributed by atoms with Crippen LogP contribution in [0.25, 0.3) is 5.70 Å². The van der Waals surface area contributed by atoms with Gasteiger partial charge in [0, 0.05) is 21.9 Å². The summed E-state index contributed by atoms with van der Waals surface area (Å²) in [6, 6.07) is 1.78. The van der Waals surface area contributed by atoms with Gasteiger partial charge in [-0.3, -0.25) is 0 Å². The predicted molar refractivity (Wildman–Crippen MR) is 49.6 cm³/mol. The highest BCUT2D eigenvalue weighted by molar-refractivity contribution is 9.10. The third-order valence-electron chi connectivity index (χ3n) is 1.23. The van der Waals surface area contributed by atoms with E-state index in [-0.39, 0.29) is 0 Å². The minimum Gasteiger partial charge on any atom is -0.399 e. The van der Waals surface area contributed by atoms with E-state index in [0.29, 0.717) is 17.1 Å². The quantitative estimate of drug-likeness (QED) is 0.741. The lowest BCUT2D eigenvalue weighted by molar-refractivity contribution is 1.29. The molecule has 1 aromatic heterocycles. The lowest BCUT2D eigenvalue weighted by atomic mass is 10.2. The number of anilines is 1. The molecule has 1 rings (SSSR count). The Kier molecular flexibility index (Phi) is 2.14. The Hall–Kier alpha value is -1.03. The van der Waals surface area contributed by atoms with Crippen LogP contribution in [0.3, 0.4) is 0 Å². The summed E-state index contributed by atoms with van der Waals surface area (Å²) in [5.74, 6) is 0.403. The molecule has 0 atom stereocenters. The van der Waals surface area contributed by atoms with Crippen molar-refractivity contribution >= 4 is 27.4 Å². The molecule has 1 heterocycles. The summed E-state index contributed by atoms with van der Waals surface area (Å²) in [5, 5.41) is 0. The van der Waals surface area contributed by atoms with Crippen LogP contribution in [0.1, 0.15) is 5.56 Å². The Balaban J connectivity index is 3.23. The molecule has 0 aliphatic rings. The molecule has 1 aromatic rings. The Morgan fingerprint density at radius 1 is 1.64 bits per heavy atom. The number of hydrogen-bond acceptors (Lipinski definition) is 3. The topological polar surface area (TPSA) is 64.9 Å². The molecule has 0 aliphatic heterocycles. The predicted octanol–water partition coefficient (Wildman–Crippen LogP) is 1.36. The zero-order valence-corrected chi connectivity index (χ0v) is 7.43. The highest BCUT2D eigenvalue weighted by atomic mass is 79.9.